The van der Waals surface area contributed by atoms with Gasteiger partial charge in [0.25, 0.3) is 0 Å². The van der Waals surface area contributed by atoms with Gasteiger partial charge in [-0.1, -0.05) is 48.5 Å². The summed E-state index contributed by atoms with van der Waals surface area (Å²) in [6, 6.07) is 16.2. The quantitative estimate of drug-likeness (QED) is 0.821. The minimum absolute atomic E-state index is 0. The Morgan fingerprint density at radius 1 is 1.14 bits per heavy atom. The van der Waals surface area contributed by atoms with Gasteiger partial charge < -0.3 is 20.1 Å². The van der Waals surface area contributed by atoms with Gasteiger partial charge in [0.1, 0.15) is 6.61 Å². The minimum atomic E-state index is -1.28. The molecule has 1 amide bonds. The first-order valence-electron chi connectivity index (χ1n) is 9.05. The Bertz CT molecular complexity index is 858. The van der Waals surface area contributed by atoms with E-state index in [0.717, 1.165) is 22.3 Å². The summed E-state index contributed by atoms with van der Waals surface area (Å²) in [4.78, 5) is 26.0. The summed E-state index contributed by atoms with van der Waals surface area (Å²) in [6.45, 7) is 1.06. The highest BCUT2D eigenvalue weighted by atomic mass is 35.5. The van der Waals surface area contributed by atoms with E-state index in [-0.39, 0.29) is 31.5 Å². The molecule has 2 aromatic rings. The zero-order chi connectivity index (χ0) is 19.0. The Kier molecular flexibility index (Phi) is 5.63. The molecule has 2 aliphatic rings. The SMILES string of the molecule is CN1CCC(NC(=O)OCC2c3ccccc3-c3ccccc32)(C(=O)O)C1.Cl. The molecular formula is C21H23ClN2O4. The van der Waals surface area contributed by atoms with Crippen LogP contribution < -0.4 is 5.32 Å². The van der Waals surface area contributed by atoms with Gasteiger partial charge in [0.15, 0.2) is 5.54 Å². The van der Waals surface area contributed by atoms with Crippen LogP contribution in [0.3, 0.4) is 0 Å². The van der Waals surface area contributed by atoms with Crippen molar-refractivity contribution in [3.63, 3.8) is 0 Å². The largest absolute Gasteiger partial charge is 0.479 e. The molecule has 28 heavy (non-hydrogen) atoms. The third-order valence-electron chi connectivity index (χ3n) is 5.55. The highest BCUT2D eigenvalue weighted by Crippen LogP contribution is 2.44. The van der Waals surface area contributed by atoms with E-state index in [9.17, 15) is 14.7 Å². The Balaban J connectivity index is 0.00000225. The van der Waals surface area contributed by atoms with Gasteiger partial charge in [0.2, 0.25) is 0 Å². The molecule has 2 aromatic carbocycles. The molecule has 0 saturated carbocycles. The summed E-state index contributed by atoms with van der Waals surface area (Å²) in [5.41, 5.74) is 3.28. The number of rotatable bonds is 4. The topological polar surface area (TPSA) is 78.9 Å². The van der Waals surface area contributed by atoms with Crippen molar-refractivity contribution in [2.24, 2.45) is 0 Å². The van der Waals surface area contributed by atoms with Gasteiger partial charge in [-0.2, -0.15) is 0 Å². The molecule has 1 aliphatic heterocycles. The molecule has 1 unspecified atom stereocenters. The highest BCUT2D eigenvalue weighted by molar-refractivity contribution is 5.86. The van der Waals surface area contributed by atoms with Crippen molar-refractivity contribution in [1.82, 2.24) is 10.2 Å². The molecule has 1 fully saturated rings. The van der Waals surface area contributed by atoms with E-state index >= 15 is 0 Å². The summed E-state index contributed by atoms with van der Waals surface area (Å²) in [5.74, 6) is -1.07. The second kappa shape index (κ2) is 7.81. The van der Waals surface area contributed by atoms with Gasteiger partial charge in [-0.25, -0.2) is 9.59 Å². The fourth-order valence-corrected chi connectivity index (χ4v) is 4.16. The van der Waals surface area contributed by atoms with Gasteiger partial charge in [-0.05, 0) is 35.7 Å². The molecule has 1 atom stereocenters. The van der Waals surface area contributed by atoms with Crippen LogP contribution in [0.25, 0.3) is 11.1 Å². The van der Waals surface area contributed by atoms with E-state index in [0.29, 0.717) is 13.0 Å². The van der Waals surface area contributed by atoms with Crippen molar-refractivity contribution >= 4 is 24.5 Å². The summed E-state index contributed by atoms with van der Waals surface area (Å²) in [5, 5.41) is 12.2. The molecule has 2 N–H and O–H groups in total. The number of hydrogen-bond donors (Lipinski definition) is 2. The van der Waals surface area contributed by atoms with Crippen molar-refractivity contribution < 1.29 is 19.4 Å². The predicted octanol–water partition coefficient (Wildman–Crippen LogP) is 3.11. The molecule has 1 heterocycles. The maximum atomic E-state index is 12.4. The van der Waals surface area contributed by atoms with E-state index in [1.165, 1.54) is 0 Å². The molecule has 1 saturated heterocycles. The monoisotopic (exact) mass is 402 g/mol. The fraction of sp³-hybridized carbons (Fsp3) is 0.333. The number of amides is 1. The summed E-state index contributed by atoms with van der Waals surface area (Å²) >= 11 is 0. The highest BCUT2D eigenvalue weighted by Gasteiger charge is 2.45. The van der Waals surface area contributed by atoms with Gasteiger partial charge in [-0.15, -0.1) is 12.4 Å². The summed E-state index contributed by atoms with van der Waals surface area (Å²) in [7, 11) is 1.84. The first-order chi connectivity index (χ1) is 13.0. The lowest BCUT2D eigenvalue weighted by Crippen LogP contribution is -2.56. The normalized spacial score (nSPS) is 20.8. The number of carboxylic acid groups (broad SMARTS) is 1. The molecule has 0 radical (unpaired) electrons. The average Bonchev–Trinajstić information content (AvgIpc) is 3.19. The first kappa shape index (κ1) is 20.2. The summed E-state index contributed by atoms with van der Waals surface area (Å²) < 4.78 is 5.48. The second-order valence-electron chi connectivity index (χ2n) is 7.33. The van der Waals surface area contributed by atoms with E-state index in [4.69, 9.17) is 4.74 Å². The van der Waals surface area contributed by atoms with E-state index in [2.05, 4.69) is 17.4 Å². The fourth-order valence-electron chi connectivity index (χ4n) is 4.16. The molecule has 0 aromatic heterocycles. The molecule has 148 valence electrons. The Labute approximate surface area is 169 Å². The molecule has 7 heteroatoms. The number of nitrogens with zero attached hydrogens (tertiary/aromatic N) is 1. The molecule has 0 spiro atoms. The van der Waals surface area contributed by atoms with E-state index in [1.54, 1.807) is 0 Å². The smallest absolute Gasteiger partial charge is 0.408 e. The van der Waals surface area contributed by atoms with Crippen LogP contribution in [-0.4, -0.2) is 54.4 Å². The van der Waals surface area contributed by atoms with Gasteiger partial charge >= 0.3 is 12.1 Å². The van der Waals surface area contributed by atoms with Crippen LogP contribution in [0.4, 0.5) is 4.79 Å². The number of hydrogen-bond acceptors (Lipinski definition) is 4. The van der Waals surface area contributed by atoms with Gasteiger partial charge in [-0.3, -0.25) is 0 Å². The first-order valence-corrected chi connectivity index (χ1v) is 9.05. The second-order valence-corrected chi connectivity index (χ2v) is 7.33. The maximum absolute atomic E-state index is 12.4. The number of carboxylic acids is 1. The van der Waals surface area contributed by atoms with Crippen molar-refractivity contribution in [2.45, 2.75) is 17.9 Å². The number of likely N-dealkylation sites (N-methyl/N-ethyl adjacent to an activating group) is 1. The third-order valence-corrected chi connectivity index (χ3v) is 5.55. The van der Waals surface area contributed by atoms with Crippen molar-refractivity contribution in [3.05, 3.63) is 59.7 Å². The predicted molar refractivity (Wildman–Crippen MR) is 108 cm³/mol. The lowest BCUT2D eigenvalue weighted by atomic mass is 9.98. The van der Waals surface area contributed by atoms with Gasteiger partial charge in [0.05, 0.1) is 0 Å². The number of halogens is 1. The number of carbonyl (C=O) groups excluding carboxylic acids is 1. The van der Waals surface area contributed by atoms with Crippen LogP contribution in [-0.2, 0) is 9.53 Å². The van der Waals surface area contributed by atoms with Gasteiger partial charge in [0, 0.05) is 19.0 Å². The Hall–Kier alpha value is -2.57. The zero-order valence-electron chi connectivity index (χ0n) is 15.6. The number of alkyl carbamates (subject to hydrolysis) is 1. The molecule has 6 nitrogen and oxygen atoms in total. The van der Waals surface area contributed by atoms with Crippen molar-refractivity contribution in [2.75, 3.05) is 26.7 Å². The van der Waals surface area contributed by atoms with Crippen LogP contribution in [0.5, 0.6) is 0 Å². The Morgan fingerprint density at radius 2 is 1.71 bits per heavy atom. The number of likely N-dealkylation sites (tertiary alicyclic amines) is 1. The number of benzene rings is 2. The van der Waals surface area contributed by atoms with Crippen LogP contribution in [0, 0.1) is 0 Å². The average molecular weight is 403 g/mol. The van der Waals surface area contributed by atoms with E-state index in [1.807, 2.05) is 48.3 Å². The maximum Gasteiger partial charge on any atom is 0.408 e. The number of aliphatic carboxylic acids is 1. The van der Waals surface area contributed by atoms with Crippen LogP contribution in [0.2, 0.25) is 0 Å². The minimum Gasteiger partial charge on any atom is -0.479 e. The molecular weight excluding hydrogens is 380 g/mol. The number of carbonyl (C=O) groups is 2. The standard InChI is InChI=1S/C21H22N2O4.ClH/c1-23-11-10-21(13-23,19(24)25)22-20(26)27-12-18-16-8-4-2-6-14(16)15-7-3-5-9-17(15)18;/h2-9,18H,10-13H2,1H3,(H,22,26)(H,24,25);1H. The summed E-state index contributed by atoms with van der Waals surface area (Å²) in [6.07, 6.45) is -0.321. The van der Waals surface area contributed by atoms with Crippen LogP contribution in [0.1, 0.15) is 23.5 Å². The Morgan fingerprint density at radius 3 is 2.21 bits per heavy atom. The lowest BCUT2D eigenvalue weighted by molar-refractivity contribution is -0.144. The molecule has 4 rings (SSSR count). The number of nitrogens with one attached hydrogen (secondary N) is 1. The number of fused-ring (bicyclic) bond motifs is 3. The number of ether oxygens (including phenoxy) is 1. The third kappa shape index (κ3) is 3.45. The molecule has 0 bridgehead atoms. The van der Waals surface area contributed by atoms with Crippen LogP contribution in [0.15, 0.2) is 48.5 Å². The van der Waals surface area contributed by atoms with E-state index < -0.39 is 17.6 Å². The zero-order valence-corrected chi connectivity index (χ0v) is 16.4. The van der Waals surface area contributed by atoms with Crippen molar-refractivity contribution in [1.29, 1.82) is 0 Å². The van der Waals surface area contributed by atoms with Crippen molar-refractivity contribution in [3.8, 4) is 11.1 Å². The lowest BCUT2D eigenvalue weighted by Gasteiger charge is -2.25. The van der Waals surface area contributed by atoms with Crippen LogP contribution >= 0.6 is 12.4 Å². The molecule has 1 aliphatic carbocycles.